The van der Waals surface area contributed by atoms with Gasteiger partial charge in [0.15, 0.2) is 0 Å². The van der Waals surface area contributed by atoms with Crippen LogP contribution >= 0.6 is 0 Å². The van der Waals surface area contributed by atoms with Crippen molar-refractivity contribution in [2.24, 2.45) is 7.05 Å². The van der Waals surface area contributed by atoms with Crippen LogP contribution < -0.4 is 10.6 Å². The molecule has 0 fully saturated rings. The molecule has 1 rings (SSSR count). The highest BCUT2D eigenvalue weighted by atomic mass is 14.9. The number of hydrogen-bond donors (Lipinski definition) is 0. The van der Waals surface area contributed by atoms with Crippen molar-refractivity contribution in [3.63, 3.8) is 0 Å². The second-order valence-corrected chi connectivity index (χ2v) is 3.28. The quantitative estimate of drug-likeness (QED) is 0.620. The highest BCUT2D eigenvalue weighted by molar-refractivity contribution is 5.29. The van der Waals surface area contributed by atoms with Crippen LogP contribution in [0.25, 0.3) is 12.7 Å². The second-order valence-electron chi connectivity index (χ2n) is 3.28. The Balaban J connectivity index is 3.23. The van der Waals surface area contributed by atoms with Crippen molar-refractivity contribution >= 4 is 12.7 Å². The monoisotopic (exact) mass is 163 g/mol. The standard InChI is InChI=1S/C11H17N/c1-5-6-7-11-9(2)8-12(4)10(11)3/h7-8H,3,5-6H2,1-2,4H3/b11-7-. The van der Waals surface area contributed by atoms with Gasteiger partial charge in [-0.2, -0.15) is 0 Å². The molecule has 12 heavy (non-hydrogen) atoms. The smallest absolute Gasteiger partial charge is 0.0404 e. The molecule has 0 N–H and O–H groups in total. The Labute approximate surface area is 74.0 Å². The van der Waals surface area contributed by atoms with Gasteiger partial charge in [0.05, 0.1) is 0 Å². The molecule has 0 radical (unpaired) electrons. The van der Waals surface area contributed by atoms with E-state index in [0.29, 0.717) is 0 Å². The number of unbranched alkanes of at least 4 members (excludes halogenated alkanes) is 1. The number of aromatic nitrogens is 1. The lowest BCUT2D eigenvalue weighted by atomic mass is 10.2. The molecule has 1 heterocycles. The molecule has 0 aliphatic rings. The minimum Gasteiger partial charge on any atom is -0.351 e. The van der Waals surface area contributed by atoms with Crippen LogP contribution in [0.15, 0.2) is 6.20 Å². The van der Waals surface area contributed by atoms with E-state index in [2.05, 4.69) is 37.3 Å². The summed E-state index contributed by atoms with van der Waals surface area (Å²) in [5, 5.41) is 2.44. The van der Waals surface area contributed by atoms with E-state index in [9.17, 15) is 0 Å². The van der Waals surface area contributed by atoms with Gasteiger partial charge >= 0.3 is 0 Å². The van der Waals surface area contributed by atoms with Crippen molar-refractivity contribution in [2.75, 3.05) is 0 Å². The van der Waals surface area contributed by atoms with Gasteiger partial charge in [-0.1, -0.05) is 26.0 Å². The fourth-order valence-electron chi connectivity index (χ4n) is 1.42. The Bertz CT molecular complexity index is 357. The molecule has 0 spiro atoms. The van der Waals surface area contributed by atoms with Crippen molar-refractivity contribution < 1.29 is 0 Å². The summed E-state index contributed by atoms with van der Waals surface area (Å²) >= 11 is 0. The van der Waals surface area contributed by atoms with Gasteiger partial charge in [0.25, 0.3) is 0 Å². The molecular weight excluding hydrogens is 146 g/mol. The zero-order valence-corrected chi connectivity index (χ0v) is 8.22. The Morgan fingerprint density at radius 1 is 1.58 bits per heavy atom. The Kier molecular flexibility index (Phi) is 2.74. The first kappa shape index (κ1) is 9.11. The molecule has 0 saturated heterocycles. The SMILES string of the molecule is C=c1/c(=C\CCC)c(C)cn1C. The van der Waals surface area contributed by atoms with Gasteiger partial charge in [0, 0.05) is 18.6 Å². The molecular formula is C11H17N. The molecule has 0 atom stereocenters. The molecule has 0 bridgehead atoms. The molecule has 0 aliphatic heterocycles. The summed E-state index contributed by atoms with van der Waals surface area (Å²) in [7, 11) is 2.04. The Morgan fingerprint density at radius 3 is 2.67 bits per heavy atom. The van der Waals surface area contributed by atoms with Crippen LogP contribution in [-0.2, 0) is 7.05 Å². The topological polar surface area (TPSA) is 4.93 Å². The number of hydrogen-bond acceptors (Lipinski definition) is 0. The first-order valence-corrected chi connectivity index (χ1v) is 4.48. The van der Waals surface area contributed by atoms with Crippen LogP contribution in [0.5, 0.6) is 0 Å². The predicted octanol–water partition coefficient (Wildman–Crippen LogP) is 1.32. The van der Waals surface area contributed by atoms with Crippen molar-refractivity contribution in [2.45, 2.75) is 26.7 Å². The molecule has 0 saturated carbocycles. The summed E-state index contributed by atoms with van der Waals surface area (Å²) in [6.07, 6.45) is 6.75. The average molecular weight is 163 g/mol. The Morgan fingerprint density at radius 2 is 2.25 bits per heavy atom. The fourth-order valence-corrected chi connectivity index (χ4v) is 1.42. The van der Waals surface area contributed by atoms with E-state index >= 15 is 0 Å². The van der Waals surface area contributed by atoms with Gasteiger partial charge in [-0.3, -0.25) is 0 Å². The zero-order valence-electron chi connectivity index (χ0n) is 8.22. The van der Waals surface area contributed by atoms with Gasteiger partial charge in [0.1, 0.15) is 0 Å². The van der Waals surface area contributed by atoms with Crippen molar-refractivity contribution in [1.29, 1.82) is 0 Å². The molecule has 1 aromatic rings. The lowest BCUT2D eigenvalue weighted by Gasteiger charge is -1.86. The predicted molar refractivity (Wildman–Crippen MR) is 54.3 cm³/mol. The van der Waals surface area contributed by atoms with E-state index in [1.165, 1.54) is 17.2 Å². The summed E-state index contributed by atoms with van der Waals surface area (Å²) in [4.78, 5) is 0. The van der Waals surface area contributed by atoms with Crippen molar-refractivity contribution in [1.82, 2.24) is 4.57 Å². The van der Waals surface area contributed by atoms with Gasteiger partial charge in [-0.05, 0) is 24.1 Å². The van der Waals surface area contributed by atoms with Crippen LogP contribution in [0.3, 0.4) is 0 Å². The first-order chi connectivity index (χ1) is 5.66. The lowest BCUT2D eigenvalue weighted by Crippen LogP contribution is -2.26. The molecule has 0 unspecified atom stereocenters. The summed E-state index contributed by atoms with van der Waals surface area (Å²) in [5.74, 6) is 0. The van der Waals surface area contributed by atoms with Crippen molar-refractivity contribution in [3.8, 4) is 0 Å². The number of rotatable bonds is 2. The maximum atomic E-state index is 4.03. The maximum absolute atomic E-state index is 4.03. The fraction of sp³-hybridized carbons (Fsp3) is 0.455. The molecule has 1 aromatic heterocycles. The van der Waals surface area contributed by atoms with E-state index in [0.717, 1.165) is 11.8 Å². The lowest BCUT2D eigenvalue weighted by molar-refractivity contribution is 0.888. The minimum absolute atomic E-state index is 1.13. The third-order valence-electron chi connectivity index (χ3n) is 2.19. The van der Waals surface area contributed by atoms with Gasteiger partial charge < -0.3 is 4.57 Å². The maximum Gasteiger partial charge on any atom is 0.0404 e. The molecule has 66 valence electrons. The number of nitrogens with zero attached hydrogens (tertiary/aromatic N) is 1. The van der Waals surface area contributed by atoms with Crippen LogP contribution in [-0.4, -0.2) is 4.57 Å². The third-order valence-corrected chi connectivity index (χ3v) is 2.19. The van der Waals surface area contributed by atoms with E-state index in [4.69, 9.17) is 0 Å². The van der Waals surface area contributed by atoms with E-state index in [-0.39, 0.29) is 0 Å². The summed E-state index contributed by atoms with van der Waals surface area (Å²) < 4.78 is 2.08. The molecule has 1 heteroatoms. The highest BCUT2D eigenvalue weighted by Crippen LogP contribution is 1.89. The van der Waals surface area contributed by atoms with E-state index < -0.39 is 0 Å². The summed E-state index contributed by atoms with van der Waals surface area (Å²) in [5.41, 5.74) is 1.33. The van der Waals surface area contributed by atoms with Crippen LogP contribution in [0.1, 0.15) is 25.3 Å². The van der Waals surface area contributed by atoms with Gasteiger partial charge in [-0.25, -0.2) is 0 Å². The first-order valence-electron chi connectivity index (χ1n) is 4.48. The minimum atomic E-state index is 1.13. The average Bonchev–Trinajstić information content (AvgIpc) is 2.25. The molecule has 1 nitrogen and oxygen atoms in total. The largest absolute Gasteiger partial charge is 0.351 e. The molecule has 0 amide bonds. The van der Waals surface area contributed by atoms with E-state index in [1.807, 2.05) is 7.05 Å². The zero-order chi connectivity index (χ0) is 9.14. The number of aryl methyl sites for hydroxylation is 2. The van der Waals surface area contributed by atoms with Crippen LogP contribution in [0, 0.1) is 6.92 Å². The normalized spacial score (nSPS) is 12.4. The van der Waals surface area contributed by atoms with Crippen LogP contribution in [0.4, 0.5) is 0 Å². The summed E-state index contributed by atoms with van der Waals surface area (Å²) in [6.45, 7) is 8.35. The van der Waals surface area contributed by atoms with Crippen LogP contribution in [0.2, 0.25) is 0 Å². The Hall–Kier alpha value is -0.980. The van der Waals surface area contributed by atoms with Gasteiger partial charge in [-0.15, -0.1) is 0 Å². The third kappa shape index (κ3) is 1.60. The summed E-state index contributed by atoms with van der Waals surface area (Å²) in [6, 6.07) is 0. The molecule has 0 aromatic carbocycles. The van der Waals surface area contributed by atoms with E-state index in [1.54, 1.807) is 0 Å². The van der Waals surface area contributed by atoms with Gasteiger partial charge in [0.2, 0.25) is 0 Å². The van der Waals surface area contributed by atoms with Crippen molar-refractivity contribution in [3.05, 3.63) is 22.3 Å². The highest BCUT2D eigenvalue weighted by Gasteiger charge is 1.93. The second kappa shape index (κ2) is 3.61. The molecule has 0 aliphatic carbocycles.